The van der Waals surface area contributed by atoms with Crippen molar-refractivity contribution in [2.24, 2.45) is 0 Å². The van der Waals surface area contributed by atoms with E-state index in [0.717, 1.165) is 3.77 Å². The average Bonchev–Trinajstić information content (AvgIpc) is 2.82. The lowest BCUT2D eigenvalue weighted by Crippen LogP contribution is -2.09. The van der Waals surface area contributed by atoms with Crippen LogP contribution < -0.4 is 10.6 Å². The first-order valence-electron chi connectivity index (χ1n) is 6.15. The summed E-state index contributed by atoms with van der Waals surface area (Å²) in [6.07, 6.45) is 2.98. The third-order valence-electron chi connectivity index (χ3n) is 2.44. The van der Waals surface area contributed by atoms with E-state index in [4.69, 9.17) is 4.42 Å². The summed E-state index contributed by atoms with van der Waals surface area (Å²) in [5, 5.41) is 5.37. The molecule has 0 saturated carbocycles. The first kappa shape index (κ1) is 15.3. The molecule has 0 unspecified atom stereocenters. The third kappa shape index (κ3) is 5.07. The van der Waals surface area contributed by atoms with Crippen molar-refractivity contribution in [3.8, 4) is 0 Å². The van der Waals surface area contributed by atoms with Gasteiger partial charge in [0.15, 0.2) is 3.77 Å². The maximum atomic E-state index is 11.8. The highest BCUT2D eigenvalue weighted by molar-refractivity contribution is 14.1. The molecule has 2 aromatic rings. The molecule has 0 spiro atoms. The number of anilines is 2. The summed E-state index contributed by atoms with van der Waals surface area (Å²) >= 11 is 2.05. The van der Waals surface area contributed by atoms with E-state index in [2.05, 4.69) is 33.2 Å². The molecule has 0 aliphatic carbocycles. The molecule has 21 heavy (non-hydrogen) atoms. The number of hydrogen-bond donors (Lipinski definition) is 2. The van der Waals surface area contributed by atoms with Gasteiger partial charge in [-0.1, -0.05) is 6.07 Å². The maximum absolute atomic E-state index is 11.8. The fraction of sp³-hybridized carbons (Fsp3) is 0.0667. The minimum Gasteiger partial charge on any atom is -0.451 e. The SMILES string of the molecule is CC(=O)Nc1cccc(NC(=O)/C=C/c2ccc(I)o2)c1. The Labute approximate surface area is 135 Å². The van der Waals surface area contributed by atoms with Crippen LogP contribution >= 0.6 is 22.6 Å². The lowest BCUT2D eigenvalue weighted by atomic mass is 10.2. The number of rotatable bonds is 4. The van der Waals surface area contributed by atoms with Gasteiger partial charge in [-0.05, 0) is 59.0 Å². The van der Waals surface area contributed by atoms with Crippen molar-refractivity contribution in [3.05, 3.63) is 52.0 Å². The monoisotopic (exact) mass is 396 g/mol. The van der Waals surface area contributed by atoms with Crippen LogP contribution in [-0.4, -0.2) is 11.8 Å². The molecule has 6 heteroatoms. The third-order valence-corrected chi connectivity index (χ3v) is 3.02. The zero-order chi connectivity index (χ0) is 15.2. The molecule has 0 radical (unpaired) electrons. The molecule has 5 nitrogen and oxygen atoms in total. The van der Waals surface area contributed by atoms with Gasteiger partial charge in [0.05, 0.1) is 0 Å². The van der Waals surface area contributed by atoms with Crippen LogP contribution in [0.1, 0.15) is 12.7 Å². The van der Waals surface area contributed by atoms with E-state index in [1.54, 1.807) is 36.4 Å². The first-order chi connectivity index (χ1) is 10.0. The number of amides is 2. The van der Waals surface area contributed by atoms with Crippen LogP contribution in [-0.2, 0) is 9.59 Å². The van der Waals surface area contributed by atoms with E-state index < -0.39 is 0 Å². The normalized spacial score (nSPS) is 10.6. The predicted molar refractivity (Wildman–Crippen MR) is 89.8 cm³/mol. The molecule has 2 rings (SSSR count). The Balaban J connectivity index is 1.99. The van der Waals surface area contributed by atoms with Crippen LogP contribution in [0.15, 0.2) is 46.9 Å². The zero-order valence-electron chi connectivity index (χ0n) is 11.2. The standard InChI is InChI=1S/C15H13IN2O3/c1-10(19)17-11-3-2-4-12(9-11)18-15(20)8-6-13-5-7-14(16)21-13/h2-9H,1H3,(H,17,19)(H,18,20)/b8-6+. The molecule has 0 fully saturated rings. The van der Waals surface area contributed by atoms with Gasteiger partial charge >= 0.3 is 0 Å². The van der Waals surface area contributed by atoms with E-state index >= 15 is 0 Å². The van der Waals surface area contributed by atoms with E-state index in [9.17, 15) is 9.59 Å². The molecule has 0 aliphatic heterocycles. The average molecular weight is 396 g/mol. The molecular weight excluding hydrogens is 383 g/mol. The van der Waals surface area contributed by atoms with Crippen LogP contribution in [0.3, 0.4) is 0 Å². The summed E-state index contributed by atoms with van der Waals surface area (Å²) in [4.78, 5) is 22.8. The van der Waals surface area contributed by atoms with Gasteiger partial charge < -0.3 is 15.1 Å². The lowest BCUT2D eigenvalue weighted by molar-refractivity contribution is -0.114. The highest BCUT2D eigenvalue weighted by Gasteiger charge is 2.01. The fourth-order valence-corrected chi connectivity index (χ4v) is 2.07. The van der Waals surface area contributed by atoms with Gasteiger partial charge in [-0.15, -0.1) is 0 Å². The van der Waals surface area contributed by atoms with Crippen molar-refractivity contribution in [2.45, 2.75) is 6.92 Å². The molecule has 1 aromatic carbocycles. The fourth-order valence-electron chi connectivity index (χ4n) is 1.64. The quantitative estimate of drug-likeness (QED) is 0.614. The van der Waals surface area contributed by atoms with Gasteiger partial charge in [-0.25, -0.2) is 0 Å². The van der Waals surface area contributed by atoms with Crippen LogP contribution in [0.4, 0.5) is 11.4 Å². The topological polar surface area (TPSA) is 71.3 Å². The second kappa shape index (κ2) is 7.07. The molecule has 0 bridgehead atoms. The Morgan fingerprint density at radius 3 is 2.48 bits per heavy atom. The van der Waals surface area contributed by atoms with Crippen molar-refractivity contribution in [1.29, 1.82) is 0 Å². The van der Waals surface area contributed by atoms with Gasteiger partial charge in [-0.3, -0.25) is 9.59 Å². The second-order valence-corrected chi connectivity index (χ2v) is 5.29. The predicted octanol–water partition coefficient (Wildman–Crippen LogP) is 3.49. The summed E-state index contributed by atoms with van der Waals surface area (Å²) in [6, 6.07) is 10.5. The number of benzene rings is 1. The Morgan fingerprint density at radius 2 is 1.86 bits per heavy atom. The highest BCUT2D eigenvalue weighted by atomic mass is 127. The Morgan fingerprint density at radius 1 is 1.14 bits per heavy atom. The summed E-state index contributed by atoms with van der Waals surface area (Å²) in [7, 11) is 0. The summed E-state index contributed by atoms with van der Waals surface area (Å²) in [6.45, 7) is 1.43. The van der Waals surface area contributed by atoms with Crippen LogP contribution in [0.2, 0.25) is 0 Å². The van der Waals surface area contributed by atoms with Gasteiger partial charge in [0, 0.05) is 24.4 Å². The number of halogens is 1. The van der Waals surface area contributed by atoms with Crippen LogP contribution in [0, 0.1) is 3.77 Å². The summed E-state index contributed by atoms with van der Waals surface area (Å²) in [5.41, 5.74) is 1.23. The van der Waals surface area contributed by atoms with E-state index in [1.165, 1.54) is 13.0 Å². The molecule has 0 atom stereocenters. The molecule has 1 heterocycles. The van der Waals surface area contributed by atoms with Gasteiger partial charge in [0.1, 0.15) is 5.76 Å². The molecule has 2 amide bonds. The van der Waals surface area contributed by atoms with Crippen molar-refractivity contribution >= 4 is 51.9 Å². The van der Waals surface area contributed by atoms with Crippen molar-refractivity contribution in [1.82, 2.24) is 0 Å². The highest BCUT2D eigenvalue weighted by Crippen LogP contribution is 2.15. The molecule has 2 N–H and O–H groups in total. The number of furan rings is 1. The largest absolute Gasteiger partial charge is 0.451 e. The maximum Gasteiger partial charge on any atom is 0.248 e. The minimum atomic E-state index is -0.276. The Hall–Kier alpha value is -2.09. The van der Waals surface area contributed by atoms with E-state index in [-0.39, 0.29) is 11.8 Å². The smallest absolute Gasteiger partial charge is 0.248 e. The number of nitrogens with one attached hydrogen (secondary N) is 2. The van der Waals surface area contributed by atoms with Gasteiger partial charge in [0.25, 0.3) is 0 Å². The van der Waals surface area contributed by atoms with Crippen molar-refractivity contribution in [3.63, 3.8) is 0 Å². The lowest BCUT2D eigenvalue weighted by Gasteiger charge is -2.05. The second-order valence-electron chi connectivity index (χ2n) is 4.23. The zero-order valence-corrected chi connectivity index (χ0v) is 13.4. The Bertz CT molecular complexity index is 692. The van der Waals surface area contributed by atoms with E-state index in [1.807, 2.05) is 6.07 Å². The van der Waals surface area contributed by atoms with Gasteiger partial charge in [0.2, 0.25) is 11.8 Å². The van der Waals surface area contributed by atoms with Gasteiger partial charge in [-0.2, -0.15) is 0 Å². The first-order valence-corrected chi connectivity index (χ1v) is 7.23. The molecular formula is C15H13IN2O3. The number of hydrogen-bond acceptors (Lipinski definition) is 3. The summed E-state index contributed by atoms with van der Waals surface area (Å²) < 4.78 is 6.08. The van der Waals surface area contributed by atoms with Crippen LogP contribution in [0.25, 0.3) is 6.08 Å². The minimum absolute atomic E-state index is 0.161. The molecule has 1 aromatic heterocycles. The van der Waals surface area contributed by atoms with Crippen molar-refractivity contribution in [2.75, 3.05) is 10.6 Å². The Kier molecular flexibility index (Phi) is 5.15. The number of carbonyl (C=O) groups excluding carboxylic acids is 2. The molecule has 0 saturated heterocycles. The van der Waals surface area contributed by atoms with Crippen molar-refractivity contribution < 1.29 is 14.0 Å². The van der Waals surface area contributed by atoms with E-state index in [0.29, 0.717) is 17.1 Å². The van der Waals surface area contributed by atoms with Crippen LogP contribution in [0.5, 0.6) is 0 Å². The number of carbonyl (C=O) groups is 2. The summed E-state index contributed by atoms with van der Waals surface area (Å²) in [5.74, 6) is 0.175. The molecule has 108 valence electrons. The molecule has 0 aliphatic rings.